The van der Waals surface area contributed by atoms with Gasteiger partial charge in [0.2, 0.25) is 0 Å². The lowest BCUT2D eigenvalue weighted by atomic mass is 9.94. The molecule has 0 spiro atoms. The summed E-state index contributed by atoms with van der Waals surface area (Å²) in [5, 5.41) is 0. The molecule has 0 fully saturated rings. The first kappa shape index (κ1) is 11.2. The van der Waals surface area contributed by atoms with Gasteiger partial charge in [-0.2, -0.15) is 0 Å². The van der Waals surface area contributed by atoms with Crippen molar-refractivity contribution in [3.8, 4) is 0 Å². The van der Waals surface area contributed by atoms with Crippen LogP contribution in [-0.2, 0) is 4.79 Å². The van der Waals surface area contributed by atoms with E-state index < -0.39 is 0 Å². The van der Waals surface area contributed by atoms with Crippen molar-refractivity contribution in [1.29, 1.82) is 0 Å². The van der Waals surface area contributed by atoms with Crippen LogP contribution >= 0.6 is 0 Å². The molecular formula is C11H18O. The van der Waals surface area contributed by atoms with Crippen molar-refractivity contribution in [2.75, 3.05) is 0 Å². The quantitative estimate of drug-likeness (QED) is 0.348. The van der Waals surface area contributed by atoms with Gasteiger partial charge in [0.25, 0.3) is 0 Å². The van der Waals surface area contributed by atoms with Gasteiger partial charge in [0.15, 0.2) is 0 Å². The molecule has 0 aliphatic carbocycles. The van der Waals surface area contributed by atoms with Gasteiger partial charge in [-0.05, 0) is 38.2 Å². The Labute approximate surface area is 75.2 Å². The van der Waals surface area contributed by atoms with Crippen molar-refractivity contribution in [3.05, 3.63) is 23.8 Å². The number of rotatable bonds is 5. The van der Waals surface area contributed by atoms with Crippen LogP contribution in [0, 0.1) is 5.92 Å². The third-order valence-electron chi connectivity index (χ3n) is 2.10. The minimum atomic E-state index is 0.528. The van der Waals surface area contributed by atoms with E-state index in [1.54, 1.807) is 0 Å². The van der Waals surface area contributed by atoms with E-state index in [4.69, 9.17) is 0 Å². The van der Waals surface area contributed by atoms with Crippen molar-refractivity contribution in [1.82, 2.24) is 0 Å². The van der Waals surface area contributed by atoms with Gasteiger partial charge in [-0.25, -0.2) is 0 Å². The average molecular weight is 166 g/mol. The van der Waals surface area contributed by atoms with Crippen LogP contribution in [0.2, 0.25) is 0 Å². The second-order valence-electron chi connectivity index (χ2n) is 3.25. The summed E-state index contributed by atoms with van der Waals surface area (Å²) in [6.07, 6.45) is 4.91. The van der Waals surface area contributed by atoms with Crippen molar-refractivity contribution >= 4 is 6.29 Å². The van der Waals surface area contributed by atoms with Gasteiger partial charge in [-0.3, -0.25) is 4.79 Å². The van der Waals surface area contributed by atoms with Crippen molar-refractivity contribution in [2.45, 2.75) is 33.6 Å². The SMILES string of the molecule is C=C(C)[C@H](CC)CC=C(C)C=O. The number of aldehydes is 1. The van der Waals surface area contributed by atoms with E-state index >= 15 is 0 Å². The lowest BCUT2D eigenvalue weighted by Crippen LogP contribution is -1.97. The first-order valence-corrected chi connectivity index (χ1v) is 4.39. The van der Waals surface area contributed by atoms with Gasteiger partial charge in [0, 0.05) is 0 Å². The van der Waals surface area contributed by atoms with Gasteiger partial charge >= 0.3 is 0 Å². The minimum Gasteiger partial charge on any atom is -0.298 e. The highest BCUT2D eigenvalue weighted by Gasteiger charge is 2.03. The molecule has 0 N–H and O–H groups in total. The second kappa shape index (κ2) is 5.76. The summed E-state index contributed by atoms with van der Waals surface area (Å²) in [6.45, 7) is 9.93. The normalized spacial score (nSPS) is 14.1. The number of carbonyl (C=O) groups excluding carboxylic acids is 1. The molecule has 0 rings (SSSR count). The monoisotopic (exact) mass is 166 g/mol. The molecule has 0 aromatic rings. The third kappa shape index (κ3) is 4.12. The molecule has 0 heterocycles. The Morgan fingerprint density at radius 3 is 2.42 bits per heavy atom. The zero-order valence-electron chi connectivity index (χ0n) is 8.26. The first-order chi connectivity index (χ1) is 5.61. The summed E-state index contributed by atoms with van der Waals surface area (Å²) >= 11 is 0. The summed E-state index contributed by atoms with van der Waals surface area (Å²) in [5.41, 5.74) is 2.02. The predicted octanol–water partition coefficient (Wildman–Crippen LogP) is 3.12. The molecule has 0 aliphatic heterocycles. The average Bonchev–Trinajstić information content (AvgIpc) is 2.04. The molecule has 0 radical (unpaired) electrons. The summed E-state index contributed by atoms with van der Waals surface area (Å²) in [7, 11) is 0. The molecule has 0 aromatic heterocycles. The van der Waals surface area contributed by atoms with E-state index in [9.17, 15) is 4.79 Å². The van der Waals surface area contributed by atoms with Gasteiger partial charge in [0.05, 0.1) is 0 Å². The molecule has 1 heteroatoms. The number of carbonyl (C=O) groups is 1. The van der Waals surface area contributed by atoms with Crippen molar-refractivity contribution in [3.63, 3.8) is 0 Å². The molecule has 68 valence electrons. The Morgan fingerprint density at radius 2 is 2.08 bits per heavy atom. The van der Waals surface area contributed by atoms with Crippen LogP contribution < -0.4 is 0 Å². The summed E-state index contributed by atoms with van der Waals surface area (Å²) < 4.78 is 0. The first-order valence-electron chi connectivity index (χ1n) is 4.39. The highest BCUT2D eigenvalue weighted by Crippen LogP contribution is 2.17. The van der Waals surface area contributed by atoms with E-state index in [0.717, 1.165) is 24.7 Å². The number of hydrogen-bond donors (Lipinski definition) is 0. The molecule has 0 bridgehead atoms. The predicted molar refractivity (Wildman–Crippen MR) is 53.0 cm³/mol. The standard InChI is InChI=1S/C11H18O/c1-5-11(9(2)3)7-6-10(4)8-12/h6,8,11H,2,5,7H2,1,3-4H3/t11-/m1/s1. The van der Waals surface area contributed by atoms with Crippen LogP contribution in [0.15, 0.2) is 23.8 Å². The Balaban J connectivity index is 4.04. The molecule has 1 atom stereocenters. The fourth-order valence-corrected chi connectivity index (χ4v) is 1.09. The molecule has 1 nitrogen and oxygen atoms in total. The molecule has 0 saturated heterocycles. The highest BCUT2D eigenvalue weighted by molar-refractivity contribution is 5.71. The van der Waals surface area contributed by atoms with Crippen LogP contribution in [0.4, 0.5) is 0 Å². The van der Waals surface area contributed by atoms with Crippen LogP contribution in [-0.4, -0.2) is 6.29 Å². The molecule has 0 unspecified atom stereocenters. The van der Waals surface area contributed by atoms with E-state index in [2.05, 4.69) is 13.5 Å². The molecule has 0 saturated carbocycles. The van der Waals surface area contributed by atoms with Crippen molar-refractivity contribution < 1.29 is 4.79 Å². The van der Waals surface area contributed by atoms with Gasteiger partial charge in [-0.1, -0.05) is 25.2 Å². The minimum absolute atomic E-state index is 0.528. The largest absolute Gasteiger partial charge is 0.298 e. The van der Waals surface area contributed by atoms with Gasteiger partial charge < -0.3 is 0 Å². The van der Waals surface area contributed by atoms with E-state index in [0.29, 0.717) is 5.92 Å². The van der Waals surface area contributed by atoms with E-state index in [1.807, 2.05) is 19.9 Å². The molecular weight excluding hydrogens is 148 g/mol. The maximum Gasteiger partial charge on any atom is 0.145 e. The molecule has 0 aromatic carbocycles. The fraction of sp³-hybridized carbons (Fsp3) is 0.545. The van der Waals surface area contributed by atoms with Crippen molar-refractivity contribution in [2.24, 2.45) is 5.92 Å². The lowest BCUT2D eigenvalue weighted by Gasteiger charge is -2.11. The Hall–Kier alpha value is -0.850. The fourth-order valence-electron chi connectivity index (χ4n) is 1.09. The van der Waals surface area contributed by atoms with Crippen LogP contribution in [0.5, 0.6) is 0 Å². The van der Waals surface area contributed by atoms with Crippen LogP contribution in [0.25, 0.3) is 0 Å². The molecule has 12 heavy (non-hydrogen) atoms. The summed E-state index contributed by atoms with van der Waals surface area (Å²) in [4.78, 5) is 10.3. The van der Waals surface area contributed by atoms with Gasteiger partial charge in [0.1, 0.15) is 6.29 Å². The summed E-state index contributed by atoms with van der Waals surface area (Å²) in [5.74, 6) is 0.528. The second-order valence-corrected chi connectivity index (χ2v) is 3.25. The van der Waals surface area contributed by atoms with E-state index in [-0.39, 0.29) is 0 Å². The zero-order chi connectivity index (χ0) is 9.56. The van der Waals surface area contributed by atoms with Crippen LogP contribution in [0.3, 0.4) is 0 Å². The Bertz CT molecular complexity index is 189. The summed E-state index contributed by atoms with van der Waals surface area (Å²) in [6, 6.07) is 0. The Kier molecular flexibility index (Phi) is 5.35. The lowest BCUT2D eigenvalue weighted by molar-refractivity contribution is -0.104. The Morgan fingerprint density at radius 1 is 1.50 bits per heavy atom. The molecule has 0 amide bonds. The molecule has 0 aliphatic rings. The number of allylic oxidation sites excluding steroid dienone is 3. The van der Waals surface area contributed by atoms with E-state index in [1.165, 1.54) is 5.57 Å². The zero-order valence-corrected chi connectivity index (χ0v) is 8.26. The maximum absolute atomic E-state index is 10.3. The highest BCUT2D eigenvalue weighted by atomic mass is 16.1. The van der Waals surface area contributed by atoms with Gasteiger partial charge in [-0.15, -0.1) is 0 Å². The van der Waals surface area contributed by atoms with Crippen LogP contribution in [0.1, 0.15) is 33.6 Å². The number of hydrogen-bond acceptors (Lipinski definition) is 1. The third-order valence-corrected chi connectivity index (χ3v) is 2.10. The topological polar surface area (TPSA) is 17.1 Å². The maximum atomic E-state index is 10.3. The smallest absolute Gasteiger partial charge is 0.145 e.